The molecule has 2 unspecified atom stereocenters. The van der Waals surface area contributed by atoms with Gasteiger partial charge in [0.15, 0.2) is 0 Å². The normalized spacial score (nSPS) is 32.2. The van der Waals surface area contributed by atoms with E-state index in [1.165, 1.54) is 0 Å². The van der Waals surface area contributed by atoms with Gasteiger partial charge < -0.3 is 15.3 Å². The van der Waals surface area contributed by atoms with Gasteiger partial charge in [-0.25, -0.2) is 0 Å². The van der Waals surface area contributed by atoms with Crippen molar-refractivity contribution in [2.45, 2.75) is 19.4 Å². The molecule has 2 rings (SSSR count). The lowest BCUT2D eigenvalue weighted by atomic mass is 9.90. The minimum Gasteiger partial charge on any atom is -0.481 e. The summed E-state index contributed by atoms with van der Waals surface area (Å²) in [4.78, 5) is 35.8. The largest absolute Gasteiger partial charge is 0.481 e. The lowest BCUT2D eigenvalue weighted by Crippen LogP contribution is -2.58. The summed E-state index contributed by atoms with van der Waals surface area (Å²) in [6, 6.07) is -0.446. The molecule has 0 bridgehead atoms. The molecule has 0 saturated carbocycles. The van der Waals surface area contributed by atoms with E-state index in [4.69, 9.17) is 5.11 Å². The van der Waals surface area contributed by atoms with E-state index in [1.807, 2.05) is 0 Å². The van der Waals surface area contributed by atoms with Crippen LogP contribution in [-0.4, -0.2) is 60.0 Å². The van der Waals surface area contributed by atoms with Crippen molar-refractivity contribution in [3.63, 3.8) is 0 Å². The lowest BCUT2D eigenvalue weighted by Gasteiger charge is -2.28. The van der Waals surface area contributed by atoms with Gasteiger partial charge in [0.1, 0.15) is 6.04 Å². The van der Waals surface area contributed by atoms with Crippen molar-refractivity contribution in [3.8, 4) is 0 Å². The Balaban J connectivity index is 1.95. The van der Waals surface area contributed by atoms with Crippen LogP contribution in [0.4, 0.5) is 0 Å². The fourth-order valence-electron chi connectivity index (χ4n) is 2.29. The molecule has 0 aliphatic carbocycles. The van der Waals surface area contributed by atoms with Crippen LogP contribution in [0.3, 0.4) is 0 Å². The molecule has 2 amide bonds. The summed E-state index contributed by atoms with van der Waals surface area (Å²) in [5, 5.41) is 14.6. The summed E-state index contributed by atoms with van der Waals surface area (Å²) in [5.41, 5.74) is -0.854. The van der Waals surface area contributed by atoms with E-state index in [-0.39, 0.29) is 31.4 Å². The van der Waals surface area contributed by atoms with E-state index in [9.17, 15) is 14.4 Å². The highest BCUT2D eigenvalue weighted by Crippen LogP contribution is 2.30. The molecule has 0 spiro atoms. The van der Waals surface area contributed by atoms with Crippen LogP contribution in [0.5, 0.6) is 0 Å². The van der Waals surface area contributed by atoms with Crippen molar-refractivity contribution < 1.29 is 19.5 Å². The minimum atomic E-state index is -0.872. The Morgan fingerprint density at radius 1 is 1.50 bits per heavy atom. The van der Waals surface area contributed by atoms with E-state index >= 15 is 0 Å². The summed E-state index contributed by atoms with van der Waals surface area (Å²) < 4.78 is 0. The first-order chi connectivity index (χ1) is 8.42. The van der Waals surface area contributed by atoms with Crippen molar-refractivity contribution in [2.24, 2.45) is 5.41 Å². The van der Waals surface area contributed by atoms with Crippen molar-refractivity contribution in [3.05, 3.63) is 0 Å². The first-order valence-corrected chi connectivity index (χ1v) is 5.95. The van der Waals surface area contributed by atoms with Gasteiger partial charge in [0.2, 0.25) is 11.8 Å². The maximum Gasteiger partial charge on any atom is 0.311 e. The second kappa shape index (κ2) is 4.56. The molecule has 7 heteroatoms. The third kappa shape index (κ3) is 2.31. The summed E-state index contributed by atoms with van der Waals surface area (Å²) >= 11 is 0. The third-order valence-electron chi connectivity index (χ3n) is 3.61. The number of hydrogen-bond acceptors (Lipinski definition) is 4. The molecule has 2 saturated heterocycles. The van der Waals surface area contributed by atoms with Crippen LogP contribution in [0.1, 0.15) is 13.3 Å². The highest BCUT2D eigenvalue weighted by molar-refractivity contribution is 5.87. The van der Waals surface area contributed by atoms with Crippen LogP contribution in [0, 0.1) is 5.41 Å². The Bertz CT molecular complexity index is 388. The average Bonchev–Trinajstić information content (AvgIpc) is 2.73. The monoisotopic (exact) mass is 255 g/mol. The van der Waals surface area contributed by atoms with E-state index < -0.39 is 17.4 Å². The summed E-state index contributed by atoms with van der Waals surface area (Å²) in [6.07, 6.45) is 0.465. The number of carboxylic acids is 1. The number of carboxylic acid groups (broad SMARTS) is 1. The number of nitrogens with one attached hydrogen (secondary N) is 2. The van der Waals surface area contributed by atoms with Crippen molar-refractivity contribution in [1.82, 2.24) is 15.5 Å². The number of hydrogen-bond donors (Lipinski definition) is 3. The number of aliphatic carboxylic acids is 1. The molecule has 2 aliphatic rings. The molecule has 7 nitrogen and oxygen atoms in total. The van der Waals surface area contributed by atoms with E-state index in [1.54, 1.807) is 11.8 Å². The molecular formula is C11H17N3O4. The minimum absolute atomic E-state index is 0.125. The lowest BCUT2D eigenvalue weighted by molar-refractivity contribution is -0.147. The first kappa shape index (κ1) is 12.8. The fraction of sp³-hybridized carbons (Fsp3) is 0.727. The molecule has 3 N–H and O–H groups in total. The van der Waals surface area contributed by atoms with Gasteiger partial charge in [0.25, 0.3) is 0 Å². The molecule has 100 valence electrons. The number of carbonyl (C=O) groups excluding carboxylic acids is 2. The molecule has 0 aromatic rings. The van der Waals surface area contributed by atoms with Crippen LogP contribution in [0.25, 0.3) is 0 Å². The average molecular weight is 255 g/mol. The Kier molecular flexibility index (Phi) is 3.25. The highest BCUT2D eigenvalue weighted by atomic mass is 16.4. The number of nitrogens with zero attached hydrogens (tertiary/aromatic N) is 1. The molecule has 0 aromatic carbocycles. The van der Waals surface area contributed by atoms with Crippen LogP contribution in [0.2, 0.25) is 0 Å². The van der Waals surface area contributed by atoms with Crippen LogP contribution < -0.4 is 10.6 Å². The zero-order valence-corrected chi connectivity index (χ0v) is 10.2. The fourth-order valence-corrected chi connectivity index (χ4v) is 2.29. The van der Waals surface area contributed by atoms with Crippen molar-refractivity contribution >= 4 is 17.8 Å². The summed E-state index contributed by atoms with van der Waals surface area (Å²) in [7, 11) is 0. The van der Waals surface area contributed by atoms with Crippen molar-refractivity contribution in [2.75, 3.05) is 26.2 Å². The molecule has 18 heavy (non-hydrogen) atoms. The third-order valence-corrected chi connectivity index (χ3v) is 3.61. The van der Waals surface area contributed by atoms with Gasteiger partial charge in [0.05, 0.1) is 12.0 Å². The molecule has 0 radical (unpaired) electrons. The Morgan fingerprint density at radius 3 is 2.72 bits per heavy atom. The predicted octanol–water partition coefficient (Wildman–Crippen LogP) is -1.60. The number of piperazine rings is 1. The summed E-state index contributed by atoms with van der Waals surface area (Å²) in [6.45, 7) is 2.72. The number of carbonyl (C=O) groups is 3. The standard InChI is InChI=1S/C11H17N3O4/c1-11(10(17)18)2-3-14(6-11)9(16)7-4-13-8(15)5-12-7/h7,12H,2-6H2,1H3,(H,13,15)(H,17,18). The SMILES string of the molecule is CC1(C(=O)O)CCN(C(=O)C2CNC(=O)CN2)C1. The quantitative estimate of drug-likeness (QED) is 0.552. The van der Waals surface area contributed by atoms with Gasteiger partial charge in [-0.3, -0.25) is 19.7 Å². The molecule has 2 fully saturated rings. The van der Waals surface area contributed by atoms with Gasteiger partial charge >= 0.3 is 5.97 Å². The Labute approximate surface area is 105 Å². The van der Waals surface area contributed by atoms with E-state index in [0.717, 1.165) is 0 Å². The predicted molar refractivity (Wildman–Crippen MR) is 61.7 cm³/mol. The number of likely N-dealkylation sites (tertiary alicyclic amines) is 1. The van der Waals surface area contributed by atoms with Crippen LogP contribution in [0.15, 0.2) is 0 Å². The number of amides is 2. The zero-order chi connectivity index (χ0) is 13.3. The second-order valence-corrected chi connectivity index (χ2v) is 5.11. The highest BCUT2D eigenvalue weighted by Gasteiger charge is 2.43. The number of rotatable bonds is 2. The first-order valence-electron chi connectivity index (χ1n) is 5.95. The van der Waals surface area contributed by atoms with Gasteiger partial charge in [-0.1, -0.05) is 0 Å². The van der Waals surface area contributed by atoms with E-state index in [0.29, 0.717) is 13.0 Å². The van der Waals surface area contributed by atoms with Gasteiger partial charge in [-0.2, -0.15) is 0 Å². The molecule has 2 atom stereocenters. The second-order valence-electron chi connectivity index (χ2n) is 5.11. The van der Waals surface area contributed by atoms with Gasteiger partial charge in [-0.05, 0) is 13.3 Å². The molecular weight excluding hydrogens is 238 g/mol. The molecule has 2 aliphatic heterocycles. The van der Waals surface area contributed by atoms with Crippen LogP contribution >= 0.6 is 0 Å². The van der Waals surface area contributed by atoms with Gasteiger partial charge in [0, 0.05) is 19.6 Å². The van der Waals surface area contributed by atoms with Crippen LogP contribution in [-0.2, 0) is 14.4 Å². The Morgan fingerprint density at radius 2 is 2.22 bits per heavy atom. The smallest absolute Gasteiger partial charge is 0.311 e. The zero-order valence-electron chi connectivity index (χ0n) is 10.2. The molecule has 0 aromatic heterocycles. The van der Waals surface area contributed by atoms with E-state index in [2.05, 4.69) is 10.6 Å². The Hall–Kier alpha value is -1.63. The molecule has 2 heterocycles. The maximum absolute atomic E-state index is 12.1. The van der Waals surface area contributed by atoms with Crippen molar-refractivity contribution in [1.29, 1.82) is 0 Å². The maximum atomic E-state index is 12.1. The van der Waals surface area contributed by atoms with Gasteiger partial charge in [-0.15, -0.1) is 0 Å². The topological polar surface area (TPSA) is 98.7 Å². The summed E-state index contributed by atoms with van der Waals surface area (Å²) in [5.74, 6) is -1.14.